The van der Waals surface area contributed by atoms with E-state index in [1.165, 1.54) is 22.2 Å². The predicted octanol–water partition coefficient (Wildman–Crippen LogP) is 5.97. The Balaban J connectivity index is 1.93. The number of para-hydroxylation sites is 1. The lowest BCUT2D eigenvalue weighted by molar-refractivity contribution is 0.328. The first-order chi connectivity index (χ1) is 12.7. The normalized spacial score (nSPS) is 12.3. The van der Waals surface area contributed by atoms with Gasteiger partial charge >= 0.3 is 0 Å². The monoisotopic (exact) mass is 421 g/mol. The third-order valence-electron chi connectivity index (χ3n) is 4.27. The average Bonchev–Trinajstić information content (AvgIpc) is 2.98. The van der Waals surface area contributed by atoms with Crippen LogP contribution in [0.25, 0.3) is 16.0 Å². The number of aromatic nitrogens is 3. The topological polar surface area (TPSA) is 47.8 Å². The van der Waals surface area contributed by atoms with Gasteiger partial charge in [0.05, 0.1) is 10.7 Å². The molecule has 1 aromatic carbocycles. The summed E-state index contributed by atoms with van der Waals surface area (Å²) in [6.45, 7) is 11.0. The predicted molar refractivity (Wildman–Crippen MR) is 117 cm³/mol. The van der Waals surface area contributed by atoms with Gasteiger partial charge in [0.25, 0.3) is 5.56 Å². The standard InChI is InChI=1S/C20H24ClN3OS2/c1-12(2)9-20(4,5)10-26-19-23-17-16(27-19)18(25)24(11-22-17)15-13(3)7-6-8-14(15)21/h6-8,11-12H,9-10H2,1-5H3. The number of hydrogen-bond acceptors (Lipinski definition) is 5. The van der Waals surface area contributed by atoms with Gasteiger partial charge in [0.15, 0.2) is 9.99 Å². The number of hydrogen-bond donors (Lipinski definition) is 0. The highest BCUT2D eigenvalue weighted by atomic mass is 35.5. The Morgan fingerprint density at radius 3 is 2.74 bits per heavy atom. The van der Waals surface area contributed by atoms with Crippen LogP contribution in [0.3, 0.4) is 0 Å². The van der Waals surface area contributed by atoms with Crippen molar-refractivity contribution in [3.8, 4) is 5.69 Å². The second kappa shape index (κ2) is 7.94. The summed E-state index contributed by atoms with van der Waals surface area (Å²) in [7, 11) is 0. The molecule has 0 spiro atoms. The maximum Gasteiger partial charge on any atom is 0.277 e. The van der Waals surface area contributed by atoms with E-state index < -0.39 is 0 Å². The van der Waals surface area contributed by atoms with Gasteiger partial charge in [0.2, 0.25) is 0 Å². The maximum atomic E-state index is 13.0. The fourth-order valence-electron chi connectivity index (χ4n) is 3.36. The number of thiazole rings is 1. The van der Waals surface area contributed by atoms with Crippen molar-refractivity contribution in [3.63, 3.8) is 0 Å². The van der Waals surface area contributed by atoms with E-state index in [2.05, 4.69) is 37.7 Å². The second-order valence-corrected chi connectivity index (χ2v) is 10.6. The first-order valence-corrected chi connectivity index (χ1v) is 11.1. The Hall–Kier alpha value is -1.37. The molecule has 27 heavy (non-hydrogen) atoms. The van der Waals surface area contributed by atoms with Crippen LogP contribution in [-0.4, -0.2) is 20.3 Å². The third-order valence-corrected chi connectivity index (χ3v) is 7.27. The van der Waals surface area contributed by atoms with E-state index in [0.29, 0.717) is 27.0 Å². The van der Waals surface area contributed by atoms with E-state index >= 15 is 0 Å². The van der Waals surface area contributed by atoms with Crippen LogP contribution in [-0.2, 0) is 0 Å². The minimum Gasteiger partial charge on any atom is -0.267 e. The molecule has 0 fully saturated rings. The fraction of sp³-hybridized carbons (Fsp3) is 0.450. The first-order valence-electron chi connectivity index (χ1n) is 8.94. The molecule has 0 unspecified atom stereocenters. The van der Waals surface area contributed by atoms with Crippen LogP contribution in [0.5, 0.6) is 0 Å². The molecule has 0 aliphatic carbocycles. The van der Waals surface area contributed by atoms with E-state index in [1.54, 1.807) is 17.8 Å². The molecule has 0 N–H and O–H groups in total. The summed E-state index contributed by atoms with van der Waals surface area (Å²) in [5.41, 5.74) is 2.22. The molecule has 2 aromatic heterocycles. The summed E-state index contributed by atoms with van der Waals surface area (Å²) in [6.07, 6.45) is 2.68. The number of fused-ring (bicyclic) bond motifs is 1. The Morgan fingerprint density at radius 1 is 1.33 bits per heavy atom. The zero-order chi connectivity index (χ0) is 19.8. The molecule has 0 atom stereocenters. The molecule has 4 nitrogen and oxygen atoms in total. The molecule has 0 saturated heterocycles. The van der Waals surface area contributed by atoms with Crippen molar-refractivity contribution in [2.24, 2.45) is 11.3 Å². The summed E-state index contributed by atoms with van der Waals surface area (Å²) < 4.78 is 2.98. The highest BCUT2D eigenvalue weighted by molar-refractivity contribution is 8.01. The molecule has 144 valence electrons. The van der Waals surface area contributed by atoms with Crippen molar-refractivity contribution >= 4 is 45.0 Å². The number of nitrogens with zero attached hydrogens (tertiary/aromatic N) is 3. The Kier molecular flexibility index (Phi) is 5.99. The molecule has 3 rings (SSSR count). The van der Waals surface area contributed by atoms with Crippen LogP contribution in [0.4, 0.5) is 0 Å². The summed E-state index contributed by atoms with van der Waals surface area (Å²) >= 11 is 9.45. The highest BCUT2D eigenvalue weighted by Gasteiger charge is 2.21. The summed E-state index contributed by atoms with van der Waals surface area (Å²) in [4.78, 5) is 22.0. The van der Waals surface area contributed by atoms with Gasteiger partial charge < -0.3 is 0 Å². The lowest BCUT2D eigenvalue weighted by atomic mass is 9.86. The van der Waals surface area contributed by atoms with Gasteiger partial charge in [-0.2, -0.15) is 0 Å². The Bertz CT molecular complexity index is 1000. The quantitative estimate of drug-likeness (QED) is 0.460. The minimum absolute atomic E-state index is 0.123. The smallest absolute Gasteiger partial charge is 0.267 e. The largest absolute Gasteiger partial charge is 0.277 e. The van der Waals surface area contributed by atoms with E-state index in [4.69, 9.17) is 11.6 Å². The minimum atomic E-state index is -0.123. The van der Waals surface area contributed by atoms with E-state index in [1.807, 2.05) is 19.1 Å². The SMILES string of the molecule is Cc1cccc(Cl)c1-n1cnc2nc(SCC(C)(C)CC(C)C)sc2c1=O. The van der Waals surface area contributed by atoms with Crippen molar-refractivity contribution < 1.29 is 0 Å². The van der Waals surface area contributed by atoms with Crippen LogP contribution in [0.15, 0.2) is 33.7 Å². The molecule has 0 saturated carbocycles. The molecular formula is C20H24ClN3OS2. The second-order valence-electron chi connectivity index (χ2n) is 8.01. The summed E-state index contributed by atoms with van der Waals surface area (Å²) in [6, 6.07) is 5.59. The number of rotatable bonds is 6. The molecule has 3 aromatic rings. The lowest BCUT2D eigenvalue weighted by Gasteiger charge is -2.25. The summed E-state index contributed by atoms with van der Waals surface area (Å²) in [5.74, 6) is 1.62. The first kappa shape index (κ1) is 20.4. The average molecular weight is 422 g/mol. The Morgan fingerprint density at radius 2 is 2.07 bits per heavy atom. The summed E-state index contributed by atoms with van der Waals surface area (Å²) in [5, 5.41) is 0.535. The van der Waals surface area contributed by atoms with Crippen molar-refractivity contribution in [3.05, 3.63) is 45.5 Å². The zero-order valence-corrected chi connectivity index (χ0v) is 18.6. The van der Waals surface area contributed by atoms with Crippen LogP contribution in [0.1, 0.15) is 39.7 Å². The van der Waals surface area contributed by atoms with Crippen LogP contribution < -0.4 is 5.56 Å². The molecule has 0 amide bonds. The third kappa shape index (κ3) is 4.55. The molecule has 7 heteroatoms. The van der Waals surface area contributed by atoms with Gasteiger partial charge in [0.1, 0.15) is 11.0 Å². The van der Waals surface area contributed by atoms with Gasteiger partial charge in [-0.3, -0.25) is 9.36 Å². The molecule has 0 aliphatic rings. The van der Waals surface area contributed by atoms with Crippen molar-refractivity contribution in [1.82, 2.24) is 14.5 Å². The van der Waals surface area contributed by atoms with Gasteiger partial charge in [-0.1, -0.05) is 63.2 Å². The number of aryl methyl sites for hydroxylation is 1. The number of thioether (sulfide) groups is 1. The van der Waals surface area contributed by atoms with Crippen molar-refractivity contribution in [2.75, 3.05) is 5.75 Å². The van der Waals surface area contributed by atoms with Crippen LogP contribution in [0.2, 0.25) is 5.02 Å². The molecule has 0 radical (unpaired) electrons. The van der Waals surface area contributed by atoms with Gasteiger partial charge in [-0.05, 0) is 36.3 Å². The molecule has 0 bridgehead atoms. The van der Waals surface area contributed by atoms with E-state index in [0.717, 1.165) is 22.1 Å². The maximum absolute atomic E-state index is 13.0. The number of benzene rings is 1. The fourth-order valence-corrected chi connectivity index (χ4v) is 5.80. The van der Waals surface area contributed by atoms with Crippen molar-refractivity contribution in [1.29, 1.82) is 0 Å². The van der Waals surface area contributed by atoms with Gasteiger partial charge in [0, 0.05) is 5.75 Å². The van der Waals surface area contributed by atoms with Crippen LogP contribution in [0, 0.1) is 18.3 Å². The number of halogens is 1. The molecule has 2 heterocycles. The van der Waals surface area contributed by atoms with E-state index in [-0.39, 0.29) is 11.0 Å². The molecular weight excluding hydrogens is 398 g/mol. The Labute approximate surface area is 173 Å². The zero-order valence-electron chi connectivity index (χ0n) is 16.2. The lowest BCUT2D eigenvalue weighted by Crippen LogP contribution is -2.19. The van der Waals surface area contributed by atoms with Gasteiger partial charge in [-0.15, -0.1) is 11.3 Å². The van der Waals surface area contributed by atoms with E-state index in [9.17, 15) is 4.79 Å². The molecule has 0 aliphatic heterocycles. The highest BCUT2D eigenvalue weighted by Crippen LogP contribution is 2.35. The van der Waals surface area contributed by atoms with Crippen molar-refractivity contribution in [2.45, 2.75) is 45.4 Å². The van der Waals surface area contributed by atoms with Crippen LogP contribution >= 0.6 is 34.7 Å². The van der Waals surface area contributed by atoms with Gasteiger partial charge in [-0.25, -0.2) is 9.97 Å².